The summed E-state index contributed by atoms with van der Waals surface area (Å²) in [5.74, 6) is 0.299. The second-order valence-electron chi connectivity index (χ2n) is 2.92. The van der Waals surface area contributed by atoms with Crippen LogP contribution in [-0.2, 0) is 0 Å². The Kier molecular flexibility index (Phi) is 1.70. The fourth-order valence-corrected chi connectivity index (χ4v) is 1.17. The smallest absolute Gasteiger partial charge is 0.224 e. The Labute approximate surface area is 75.0 Å². The highest BCUT2D eigenvalue weighted by molar-refractivity contribution is 5.85. The molecule has 0 amide bonds. The molecule has 0 aliphatic rings. The zero-order valence-electron chi connectivity index (χ0n) is 7.19. The first kappa shape index (κ1) is 8.07. The summed E-state index contributed by atoms with van der Waals surface area (Å²) < 4.78 is 5.27. The van der Waals surface area contributed by atoms with Crippen LogP contribution in [0.3, 0.4) is 0 Å². The van der Waals surface area contributed by atoms with E-state index in [9.17, 15) is 5.11 Å². The fraction of sp³-hybridized carbons (Fsp3) is 0.222. The van der Waals surface area contributed by atoms with Crippen LogP contribution in [0, 0.1) is 0 Å². The summed E-state index contributed by atoms with van der Waals surface area (Å²) >= 11 is 0. The molecule has 1 aromatic carbocycles. The van der Waals surface area contributed by atoms with E-state index in [0.29, 0.717) is 22.7 Å². The monoisotopic (exact) mass is 178 g/mol. The number of rotatable bonds is 1. The van der Waals surface area contributed by atoms with E-state index < -0.39 is 6.10 Å². The Morgan fingerprint density at radius 1 is 1.54 bits per heavy atom. The van der Waals surface area contributed by atoms with Gasteiger partial charge in [0.05, 0.1) is 5.69 Å². The lowest BCUT2D eigenvalue weighted by Crippen LogP contribution is -1.90. The van der Waals surface area contributed by atoms with Gasteiger partial charge >= 0.3 is 0 Å². The lowest BCUT2D eigenvalue weighted by atomic mass is 10.3. The molecule has 0 bridgehead atoms. The van der Waals surface area contributed by atoms with E-state index in [4.69, 9.17) is 10.2 Å². The third-order valence-corrected chi connectivity index (χ3v) is 1.82. The lowest BCUT2D eigenvalue weighted by Gasteiger charge is -1.93. The van der Waals surface area contributed by atoms with Crippen LogP contribution in [-0.4, -0.2) is 10.1 Å². The van der Waals surface area contributed by atoms with Gasteiger partial charge in [-0.15, -0.1) is 0 Å². The number of hydrogen-bond donors (Lipinski definition) is 2. The maximum atomic E-state index is 9.22. The first-order chi connectivity index (χ1) is 6.18. The Morgan fingerprint density at radius 3 is 2.92 bits per heavy atom. The van der Waals surface area contributed by atoms with Gasteiger partial charge in [0.25, 0.3) is 0 Å². The zero-order chi connectivity index (χ0) is 9.42. The highest BCUT2D eigenvalue weighted by Gasteiger charge is 2.11. The van der Waals surface area contributed by atoms with Gasteiger partial charge in [-0.1, -0.05) is 6.07 Å². The molecule has 1 atom stereocenters. The molecule has 0 unspecified atom stereocenters. The second-order valence-corrected chi connectivity index (χ2v) is 2.92. The van der Waals surface area contributed by atoms with E-state index in [0.717, 1.165) is 0 Å². The van der Waals surface area contributed by atoms with Crippen LogP contribution in [0.1, 0.15) is 18.9 Å². The minimum atomic E-state index is -0.702. The third-order valence-electron chi connectivity index (χ3n) is 1.82. The largest absolute Gasteiger partial charge is 0.438 e. The predicted octanol–water partition coefficient (Wildman–Crippen LogP) is 1.46. The van der Waals surface area contributed by atoms with E-state index in [2.05, 4.69) is 4.98 Å². The highest BCUT2D eigenvalue weighted by Crippen LogP contribution is 2.23. The van der Waals surface area contributed by atoms with Crippen molar-refractivity contribution in [3.63, 3.8) is 0 Å². The van der Waals surface area contributed by atoms with Gasteiger partial charge in [0, 0.05) is 0 Å². The first-order valence-corrected chi connectivity index (χ1v) is 4.01. The Balaban J connectivity index is 2.68. The predicted molar refractivity (Wildman–Crippen MR) is 49.1 cm³/mol. The van der Waals surface area contributed by atoms with Gasteiger partial charge in [0.15, 0.2) is 5.58 Å². The lowest BCUT2D eigenvalue weighted by molar-refractivity contribution is 0.165. The molecule has 3 N–H and O–H groups in total. The van der Waals surface area contributed by atoms with Crippen LogP contribution in [0.4, 0.5) is 5.69 Å². The molecule has 1 aromatic heterocycles. The van der Waals surface area contributed by atoms with E-state index in [1.807, 2.05) is 0 Å². The normalized spacial score (nSPS) is 13.4. The molecule has 4 nitrogen and oxygen atoms in total. The molecule has 0 saturated heterocycles. The van der Waals surface area contributed by atoms with Gasteiger partial charge in [-0.3, -0.25) is 0 Å². The Bertz CT molecular complexity index is 434. The average molecular weight is 178 g/mol. The van der Waals surface area contributed by atoms with Crippen LogP contribution in [0.25, 0.3) is 11.1 Å². The summed E-state index contributed by atoms with van der Waals surface area (Å²) in [5, 5.41) is 9.22. The van der Waals surface area contributed by atoms with Gasteiger partial charge in [-0.25, -0.2) is 4.98 Å². The van der Waals surface area contributed by atoms with Gasteiger partial charge < -0.3 is 15.3 Å². The van der Waals surface area contributed by atoms with Gasteiger partial charge in [0.1, 0.15) is 11.6 Å². The number of para-hydroxylation sites is 1. The number of aliphatic hydroxyl groups excluding tert-OH is 1. The number of aliphatic hydroxyl groups is 1. The summed E-state index contributed by atoms with van der Waals surface area (Å²) in [5.41, 5.74) is 7.45. The molecular formula is C9H10N2O2. The molecule has 0 spiro atoms. The number of aromatic nitrogens is 1. The molecule has 13 heavy (non-hydrogen) atoms. The fourth-order valence-electron chi connectivity index (χ4n) is 1.17. The van der Waals surface area contributed by atoms with Crippen molar-refractivity contribution in [3.05, 3.63) is 24.1 Å². The summed E-state index contributed by atoms with van der Waals surface area (Å²) in [6.45, 7) is 1.60. The topological polar surface area (TPSA) is 72.3 Å². The maximum Gasteiger partial charge on any atom is 0.224 e. The number of benzene rings is 1. The molecular weight excluding hydrogens is 168 g/mol. The quantitative estimate of drug-likeness (QED) is 0.648. The standard InChI is InChI=1S/C9H10N2O2/c1-5(12)9-11-8-6(10)3-2-4-7(8)13-9/h2-5,12H,10H2,1H3/t5-/m0/s1. The summed E-state index contributed by atoms with van der Waals surface area (Å²) in [6.07, 6.45) is -0.702. The van der Waals surface area contributed by atoms with Crippen molar-refractivity contribution in [2.75, 3.05) is 5.73 Å². The molecule has 0 aliphatic heterocycles. The Morgan fingerprint density at radius 2 is 2.31 bits per heavy atom. The number of nitrogens with two attached hydrogens (primary N) is 1. The van der Waals surface area contributed by atoms with E-state index in [-0.39, 0.29) is 0 Å². The van der Waals surface area contributed by atoms with Crippen molar-refractivity contribution in [2.45, 2.75) is 13.0 Å². The SMILES string of the molecule is C[C@H](O)c1nc2c(N)cccc2o1. The van der Waals surface area contributed by atoms with Crippen LogP contribution >= 0.6 is 0 Å². The van der Waals surface area contributed by atoms with Gasteiger partial charge in [-0.2, -0.15) is 0 Å². The second kappa shape index (κ2) is 2.74. The van der Waals surface area contributed by atoms with Gasteiger partial charge in [-0.05, 0) is 19.1 Å². The minimum Gasteiger partial charge on any atom is -0.438 e. The van der Waals surface area contributed by atoms with Crippen molar-refractivity contribution < 1.29 is 9.52 Å². The highest BCUT2D eigenvalue weighted by atomic mass is 16.4. The third kappa shape index (κ3) is 1.25. The summed E-state index contributed by atoms with van der Waals surface area (Å²) in [4.78, 5) is 4.07. The molecule has 68 valence electrons. The maximum absolute atomic E-state index is 9.22. The number of fused-ring (bicyclic) bond motifs is 1. The van der Waals surface area contributed by atoms with Crippen LogP contribution < -0.4 is 5.73 Å². The number of nitrogens with zero attached hydrogens (tertiary/aromatic N) is 1. The van der Waals surface area contributed by atoms with Crippen molar-refractivity contribution in [2.24, 2.45) is 0 Å². The zero-order valence-corrected chi connectivity index (χ0v) is 7.19. The van der Waals surface area contributed by atoms with Crippen LogP contribution in [0.2, 0.25) is 0 Å². The van der Waals surface area contributed by atoms with E-state index >= 15 is 0 Å². The van der Waals surface area contributed by atoms with Crippen LogP contribution in [0.5, 0.6) is 0 Å². The number of hydrogen-bond acceptors (Lipinski definition) is 4. The number of anilines is 1. The molecule has 4 heteroatoms. The number of nitrogen functional groups attached to an aromatic ring is 1. The van der Waals surface area contributed by atoms with E-state index in [1.54, 1.807) is 25.1 Å². The molecule has 0 saturated carbocycles. The molecule has 0 fully saturated rings. The van der Waals surface area contributed by atoms with Crippen molar-refractivity contribution in [1.82, 2.24) is 4.98 Å². The molecule has 1 heterocycles. The Hall–Kier alpha value is -1.55. The molecule has 0 aliphatic carbocycles. The molecule has 2 aromatic rings. The number of oxazole rings is 1. The van der Waals surface area contributed by atoms with E-state index in [1.165, 1.54) is 0 Å². The van der Waals surface area contributed by atoms with Gasteiger partial charge in [0.2, 0.25) is 5.89 Å². The first-order valence-electron chi connectivity index (χ1n) is 4.01. The van der Waals surface area contributed by atoms with Crippen LogP contribution in [0.15, 0.2) is 22.6 Å². The summed E-state index contributed by atoms with van der Waals surface area (Å²) in [6, 6.07) is 5.30. The minimum absolute atomic E-state index is 0.299. The van der Waals surface area contributed by atoms with Crippen molar-refractivity contribution in [3.8, 4) is 0 Å². The average Bonchev–Trinajstić information content (AvgIpc) is 2.49. The molecule has 0 radical (unpaired) electrons. The van der Waals surface area contributed by atoms with Crippen molar-refractivity contribution in [1.29, 1.82) is 0 Å². The summed E-state index contributed by atoms with van der Waals surface area (Å²) in [7, 11) is 0. The molecule has 2 rings (SSSR count). The van der Waals surface area contributed by atoms with Crippen molar-refractivity contribution >= 4 is 16.8 Å².